The molecule has 0 amide bonds. The fourth-order valence-electron chi connectivity index (χ4n) is 4.75. The number of aromatic nitrogens is 2. The van der Waals surface area contributed by atoms with Crippen LogP contribution in [-0.4, -0.2) is 65.4 Å². The summed E-state index contributed by atoms with van der Waals surface area (Å²) in [7, 11) is 0. The van der Waals surface area contributed by atoms with Crippen molar-refractivity contribution in [2.45, 2.75) is 57.9 Å². The highest BCUT2D eigenvalue weighted by Crippen LogP contribution is 2.23. The second-order valence-electron chi connectivity index (χ2n) is 8.53. The van der Waals surface area contributed by atoms with E-state index in [1.165, 1.54) is 102 Å². The molecule has 2 fully saturated rings. The van der Waals surface area contributed by atoms with E-state index in [9.17, 15) is 0 Å². The summed E-state index contributed by atoms with van der Waals surface area (Å²) in [6.07, 6.45) is 10.7. The lowest BCUT2D eigenvalue weighted by Crippen LogP contribution is -2.27. The number of hydrogen-bond donors (Lipinski definition) is 1. The number of nitrogens with one attached hydrogen (secondary N) is 1. The molecule has 1 aromatic carbocycles. The summed E-state index contributed by atoms with van der Waals surface area (Å²) in [5.41, 5.74) is 1.26. The van der Waals surface area contributed by atoms with E-state index in [4.69, 9.17) is 5.10 Å². The van der Waals surface area contributed by atoms with E-state index in [0.717, 1.165) is 18.9 Å². The summed E-state index contributed by atoms with van der Waals surface area (Å²) < 4.78 is 2.21. The molecule has 0 aliphatic carbocycles. The lowest BCUT2D eigenvalue weighted by Gasteiger charge is -2.19. The van der Waals surface area contributed by atoms with E-state index < -0.39 is 0 Å². The SMILES string of the molecule is c1ccc2c(c1)c(NCCCN1CCCCCC1)nn2CCCN1CCCC1. The summed E-state index contributed by atoms with van der Waals surface area (Å²) >= 11 is 0. The van der Waals surface area contributed by atoms with Crippen molar-refractivity contribution in [2.75, 3.05) is 51.1 Å². The summed E-state index contributed by atoms with van der Waals surface area (Å²) in [4.78, 5) is 5.23. The molecule has 0 radical (unpaired) electrons. The van der Waals surface area contributed by atoms with Crippen molar-refractivity contribution in [1.29, 1.82) is 0 Å². The number of aryl methyl sites for hydroxylation is 1. The maximum Gasteiger partial charge on any atom is 0.155 e. The summed E-state index contributed by atoms with van der Waals surface area (Å²) in [5, 5.41) is 9.81. The van der Waals surface area contributed by atoms with Gasteiger partial charge in [0, 0.05) is 18.5 Å². The molecule has 5 nitrogen and oxygen atoms in total. The van der Waals surface area contributed by atoms with Gasteiger partial charge >= 0.3 is 0 Å². The third-order valence-corrected chi connectivity index (χ3v) is 6.34. The molecule has 2 aliphatic rings. The highest BCUT2D eigenvalue weighted by atomic mass is 15.3. The molecule has 0 spiro atoms. The molecule has 28 heavy (non-hydrogen) atoms. The molecule has 1 aromatic heterocycles. The minimum Gasteiger partial charge on any atom is -0.368 e. The molecule has 0 atom stereocenters. The molecule has 154 valence electrons. The average molecular weight is 384 g/mol. The normalized spacial score (nSPS) is 19.3. The quantitative estimate of drug-likeness (QED) is 0.659. The fraction of sp³-hybridized carbons (Fsp3) is 0.696. The molecular weight excluding hydrogens is 346 g/mol. The van der Waals surface area contributed by atoms with Gasteiger partial charge in [0.15, 0.2) is 5.82 Å². The van der Waals surface area contributed by atoms with Crippen LogP contribution in [0.2, 0.25) is 0 Å². The third-order valence-electron chi connectivity index (χ3n) is 6.34. The zero-order chi connectivity index (χ0) is 19.0. The Morgan fingerprint density at radius 3 is 2.14 bits per heavy atom. The molecule has 2 aliphatic heterocycles. The number of hydrogen-bond acceptors (Lipinski definition) is 4. The van der Waals surface area contributed by atoms with E-state index in [0.29, 0.717) is 0 Å². The summed E-state index contributed by atoms with van der Waals surface area (Å²) in [5.74, 6) is 1.06. The Morgan fingerprint density at radius 1 is 0.750 bits per heavy atom. The monoisotopic (exact) mass is 383 g/mol. The zero-order valence-electron chi connectivity index (χ0n) is 17.4. The number of likely N-dealkylation sites (tertiary alicyclic amines) is 2. The zero-order valence-corrected chi connectivity index (χ0v) is 17.4. The van der Waals surface area contributed by atoms with Crippen molar-refractivity contribution in [3.05, 3.63) is 24.3 Å². The van der Waals surface area contributed by atoms with Crippen LogP contribution in [0.4, 0.5) is 5.82 Å². The lowest BCUT2D eigenvalue weighted by atomic mass is 10.2. The van der Waals surface area contributed by atoms with E-state index in [-0.39, 0.29) is 0 Å². The minimum atomic E-state index is 1.01. The van der Waals surface area contributed by atoms with Gasteiger partial charge < -0.3 is 15.1 Å². The Hall–Kier alpha value is -1.59. The molecule has 1 N–H and O–H groups in total. The van der Waals surface area contributed by atoms with E-state index in [1.54, 1.807) is 0 Å². The Balaban J connectivity index is 1.29. The first kappa shape index (κ1) is 19.7. The number of benzene rings is 1. The van der Waals surface area contributed by atoms with Crippen LogP contribution in [0.25, 0.3) is 10.9 Å². The van der Waals surface area contributed by atoms with Gasteiger partial charge in [-0.2, -0.15) is 5.10 Å². The van der Waals surface area contributed by atoms with Gasteiger partial charge in [0.25, 0.3) is 0 Å². The second kappa shape index (κ2) is 10.3. The van der Waals surface area contributed by atoms with E-state index in [1.807, 2.05) is 0 Å². The third kappa shape index (κ3) is 5.26. The van der Waals surface area contributed by atoms with Gasteiger partial charge in [-0.15, -0.1) is 0 Å². The first-order valence-electron chi connectivity index (χ1n) is 11.5. The first-order valence-corrected chi connectivity index (χ1v) is 11.5. The van der Waals surface area contributed by atoms with Crippen LogP contribution in [0.15, 0.2) is 24.3 Å². The lowest BCUT2D eigenvalue weighted by molar-refractivity contribution is 0.284. The van der Waals surface area contributed by atoms with Crippen LogP contribution < -0.4 is 5.32 Å². The Labute approximate surface area is 170 Å². The minimum absolute atomic E-state index is 1.01. The van der Waals surface area contributed by atoms with Gasteiger partial charge in [-0.25, -0.2) is 0 Å². The summed E-state index contributed by atoms with van der Waals surface area (Å²) in [6.45, 7) is 9.56. The molecule has 5 heteroatoms. The molecule has 0 unspecified atom stereocenters. The Bertz CT molecular complexity index is 711. The van der Waals surface area contributed by atoms with Crippen LogP contribution in [0.5, 0.6) is 0 Å². The fourth-order valence-corrected chi connectivity index (χ4v) is 4.75. The first-order chi connectivity index (χ1) is 13.9. The van der Waals surface area contributed by atoms with Gasteiger partial charge in [-0.05, 0) is 89.9 Å². The van der Waals surface area contributed by atoms with Gasteiger partial charge in [-0.1, -0.05) is 25.0 Å². The van der Waals surface area contributed by atoms with Crippen molar-refractivity contribution >= 4 is 16.7 Å². The Morgan fingerprint density at radius 2 is 1.39 bits per heavy atom. The van der Waals surface area contributed by atoms with Gasteiger partial charge in [0.05, 0.1) is 5.52 Å². The second-order valence-corrected chi connectivity index (χ2v) is 8.53. The molecular formula is C23H37N5. The highest BCUT2D eigenvalue weighted by Gasteiger charge is 2.13. The Kier molecular flexibility index (Phi) is 7.23. The van der Waals surface area contributed by atoms with Crippen LogP contribution in [0.1, 0.15) is 51.4 Å². The number of para-hydroxylation sites is 1. The molecule has 4 rings (SSSR count). The molecule has 2 saturated heterocycles. The van der Waals surface area contributed by atoms with Crippen LogP contribution in [-0.2, 0) is 6.54 Å². The van der Waals surface area contributed by atoms with Crippen LogP contribution in [0, 0.1) is 0 Å². The predicted octanol–water partition coefficient (Wildman–Crippen LogP) is 4.20. The van der Waals surface area contributed by atoms with Crippen molar-refractivity contribution in [3.63, 3.8) is 0 Å². The maximum atomic E-state index is 4.93. The predicted molar refractivity (Wildman–Crippen MR) is 118 cm³/mol. The molecule has 0 saturated carbocycles. The molecule has 3 heterocycles. The van der Waals surface area contributed by atoms with E-state index in [2.05, 4.69) is 44.1 Å². The van der Waals surface area contributed by atoms with Crippen LogP contribution >= 0.6 is 0 Å². The number of fused-ring (bicyclic) bond motifs is 1. The average Bonchev–Trinajstić information content (AvgIpc) is 3.27. The number of anilines is 1. The summed E-state index contributed by atoms with van der Waals surface area (Å²) in [6, 6.07) is 8.67. The van der Waals surface area contributed by atoms with Crippen molar-refractivity contribution in [3.8, 4) is 0 Å². The number of nitrogens with zero attached hydrogens (tertiary/aromatic N) is 4. The molecule has 0 bridgehead atoms. The van der Waals surface area contributed by atoms with Gasteiger partial charge in [0.2, 0.25) is 0 Å². The van der Waals surface area contributed by atoms with Crippen molar-refractivity contribution < 1.29 is 0 Å². The smallest absolute Gasteiger partial charge is 0.155 e. The molecule has 2 aromatic rings. The van der Waals surface area contributed by atoms with Gasteiger partial charge in [0.1, 0.15) is 0 Å². The largest absolute Gasteiger partial charge is 0.368 e. The standard InChI is InChI=1S/C23H37N5/c1-2-6-15-26(14-5-1)18-9-13-24-23-21-11-3-4-12-22(21)28(25-23)20-10-19-27-16-7-8-17-27/h3-4,11-12H,1-2,5-10,13-20H2,(H,24,25). The maximum absolute atomic E-state index is 4.93. The van der Waals surface area contributed by atoms with E-state index >= 15 is 0 Å². The number of rotatable bonds is 9. The van der Waals surface area contributed by atoms with Gasteiger partial charge in [-0.3, -0.25) is 4.68 Å². The van der Waals surface area contributed by atoms with Crippen molar-refractivity contribution in [2.24, 2.45) is 0 Å². The van der Waals surface area contributed by atoms with Crippen molar-refractivity contribution in [1.82, 2.24) is 19.6 Å². The highest BCUT2D eigenvalue weighted by molar-refractivity contribution is 5.90. The van der Waals surface area contributed by atoms with Crippen LogP contribution in [0.3, 0.4) is 0 Å². The topological polar surface area (TPSA) is 36.3 Å².